The van der Waals surface area contributed by atoms with Gasteiger partial charge >= 0.3 is 0 Å². The van der Waals surface area contributed by atoms with Crippen molar-refractivity contribution in [1.29, 1.82) is 5.26 Å². The van der Waals surface area contributed by atoms with E-state index in [4.69, 9.17) is 14.7 Å². The van der Waals surface area contributed by atoms with Crippen molar-refractivity contribution in [3.05, 3.63) is 35.4 Å². The molecule has 1 aliphatic rings. The molecule has 0 aliphatic carbocycles. The summed E-state index contributed by atoms with van der Waals surface area (Å²) in [6.07, 6.45) is 6.44. The quantitative estimate of drug-likeness (QED) is 0.736. The van der Waals surface area contributed by atoms with Crippen LogP contribution >= 0.6 is 0 Å². The van der Waals surface area contributed by atoms with Gasteiger partial charge in [-0.2, -0.15) is 5.26 Å². The standard InChI is InChI=1S/C17H23NO2/c1-2-3-4-5-6-16-12-20-17(13-19-16)15-9-7-14(11-18)8-10-15/h7-10,16-17H,2-6,12-13H2,1H3/t16-,17-/m1/s1. The number of hydrogen-bond donors (Lipinski definition) is 0. The van der Waals surface area contributed by atoms with E-state index in [1.54, 1.807) is 0 Å². The van der Waals surface area contributed by atoms with Gasteiger partial charge in [0.1, 0.15) is 6.10 Å². The van der Waals surface area contributed by atoms with E-state index in [1.165, 1.54) is 25.7 Å². The molecule has 0 saturated carbocycles. The molecular formula is C17H23NO2. The average Bonchev–Trinajstić information content (AvgIpc) is 2.52. The molecule has 0 amide bonds. The molecule has 0 bridgehead atoms. The fraction of sp³-hybridized carbons (Fsp3) is 0.588. The van der Waals surface area contributed by atoms with Crippen LogP contribution in [0.25, 0.3) is 0 Å². The highest BCUT2D eigenvalue weighted by Gasteiger charge is 2.23. The minimum Gasteiger partial charge on any atom is -0.373 e. The molecular weight excluding hydrogens is 250 g/mol. The number of rotatable bonds is 6. The van der Waals surface area contributed by atoms with Crippen LogP contribution in [-0.4, -0.2) is 19.3 Å². The van der Waals surface area contributed by atoms with Crippen molar-refractivity contribution in [1.82, 2.24) is 0 Å². The molecule has 2 atom stereocenters. The monoisotopic (exact) mass is 273 g/mol. The Morgan fingerprint density at radius 2 is 1.90 bits per heavy atom. The predicted octanol–water partition coefficient (Wildman–Crippen LogP) is 3.99. The van der Waals surface area contributed by atoms with Crippen molar-refractivity contribution in [2.45, 2.75) is 51.2 Å². The second kappa shape index (κ2) is 8.04. The smallest absolute Gasteiger partial charge is 0.106 e. The number of ether oxygens (including phenoxy) is 2. The first-order valence-corrected chi connectivity index (χ1v) is 7.56. The second-order valence-electron chi connectivity index (χ2n) is 5.36. The summed E-state index contributed by atoms with van der Waals surface area (Å²) in [6.45, 7) is 3.52. The first kappa shape index (κ1) is 15.0. The van der Waals surface area contributed by atoms with Gasteiger partial charge in [-0.1, -0.05) is 44.7 Å². The largest absolute Gasteiger partial charge is 0.373 e. The lowest BCUT2D eigenvalue weighted by Gasteiger charge is -2.30. The van der Waals surface area contributed by atoms with Crippen LogP contribution in [0.3, 0.4) is 0 Å². The fourth-order valence-electron chi connectivity index (χ4n) is 2.47. The van der Waals surface area contributed by atoms with Gasteiger partial charge in [0.05, 0.1) is 31.0 Å². The molecule has 108 valence electrons. The SMILES string of the molecule is CCCCCC[C@@H]1CO[C@@H](c2ccc(C#N)cc2)CO1. The molecule has 1 aromatic rings. The van der Waals surface area contributed by atoms with E-state index in [9.17, 15) is 0 Å². The van der Waals surface area contributed by atoms with E-state index in [0.29, 0.717) is 18.8 Å². The minimum absolute atomic E-state index is 0.00892. The normalized spacial score (nSPS) is 22.4. The summed E-state index contributed by atoms with van der Waals surface area (Å²) in [6, 6.07) is 9.69. The van der Waals surface area contributed by atoms with Crippen LogP contribution in [-0.2, 0) is 9.47 Å². The van der Waals surface area contributed by atoms with Gasteiger partial charge in [0, 0.05) is 0 Å². The van der Waals surface area contributed by atoms with Gasteiger partial charge in [-0.05, 0) is 24.1 Å². The summed E-state index contributed by atoms with van der Waals surface area (Å²) in [5, 5.41) is 8.79. The van der Waals surface area contributed by atoms with E-state index in [2.05, 4.69) is 13.0 Å². The molecule has 0 radical (unpaired) electrons. The first-order chi connectivity index (χ1) is 9.83. The minimum atomic E-state index is 0.00892. The Balaban J connectivity index is 1.74. The number of unbranched alkanes of at least 4 members (excludes halogenated alkanes) is 3. The highest BCUT2D eigenvalue weighted by molar-refractivity contribution is 5.32. The number of nitriles is 1. The average molecular weight is 273 g/mol. The molecule has 20 heavy (non-hydrogen) atoms. The Bertz CT molecular complexity index is 427. The highest BCUT2D eigenvalue weighted by Crippen LogP contribution is 2.25. The van der Waals surface area contributed by atoms with Gasteiger partial charge in [0.2, 0.25) is 0 Å². The van der Waals surface area contributed by atoms with Crippen molar-refractivity contribution in [2.75, 3.05) is 13.2 Å². The topological polar surface area (TPSA) is 42.2 Å². The molecule has 0 spiro atoms. The molecule has 1 heterocycles. The van der Waals surface area contributed by atoms with Crippen LogP contribution < -0.4 is 0 Å². The molecule has 1 aliphatic heterocycles. The van der Waals surface area contributed by atoms with Crippen molar-refractivity contribution in [3.63, 3.8) is 0 Å². The Hall–Kier alpha value is -1.37. The van der Waals surface area contributed by atoms with Crippen molar-refractivity contribution in [3.8, 4) is 6.07 Å². The zero-order chi connectivity index (χ0) is 14.2. The number of hydrogen-bond acceptors (Lipinski definition) is 3. The Labute approximate surface area is 121 Å². The van der Waals surface area contributed by atoms with E-state index in [0.717, 1.165) is 12.0 Å². The number of benzene rings is 1. The van der Waals surface area contributed by atoms with E-state index < -0.39 is 0 Å². The van der Waals surface area contributed by atoms with E-state index in [1.807, 2.05) is 24.3 Å². The molecule has 0 unspecified atom stereocenters. The highest BCUT2D eigenvalue weighted by atomic mass is 16.6. The summed E-state index contributed by atoms with van der Waals surface area (Å²) in [4.78, 5) is 0. The molecule has 3 heteroatoms. The van der Waals surface area contributed by atoms with Crippen LogP contribution in [0.1, 0.15) is 56.3 Å². The predicted molar refractivity (Wildman–Crippen MR) is 78.3 cm³/mol. The van der Waals surface area contributed by atoms with Gasteiger partial charge in [-0.15, -0.1) is 0 Å². The van der Waals surface area contributed by atoms with E-state index >= 15 is 0 Å². The Kier molecular flexibility index (Phi) is 6.04. The Morgan fingerprint density at radius 1 is 1.10 bits per heavy atom. The maximum atomic E-state index is 8.79. The molecule has 0 aromatic heterocycles. The molecule has 0 N–H and O–H groups in total. The molecule has 2 rings (SSSR count). The number of nitrogens with zero attached hydrogens (tertiary/aromatic N) is 1. The summed E-state index contributed by atoms with van der Waals surface area (Å²) in [5.41, 5.74) is 1.77. The van der Waals surface area contributed by atoms with Gasteiger partial charge in [-0.3, -0.25) is 0 Å². The third-order valence-corrected chi connectivity index (χ3v) is 3.76. The summed E-state index contributed by atoms with van der Waals surface area (Å²) >= 11 is 0. The lowest BCUT2D eigenvalue weighted by Crippen LogP contribution is -2.31. The third-order valence-electron chi connectivity index (χ3n) is 3.76. The molecule has 1 aromatic carbocycles. The van der Waals surface area contributed by atoms with Gasteiger partial charge in [0.25, 0.3) is 0 Å². The third kappa shape index (κ3) is 4.33. The Morgan fingerprint density at radius 3 is 2.50 bits per heavy atom. The van der Waals surface area contributed by atoms with Crippen LogP contribution in [0.2, 0.25) is 0 Å². The maximum Gasteiger partial charge on any atom is 0.106 e. The maximum absolute atomic E-state index is 8.79. The van der Waals surface area contributed by atoms with Gasteiger partial charge in [0.15, 0.2) is 0 Å². The lowest BCUT2D eigenvalue weighted by molar-refractivity contribution is -0.137. The fourth-order valence-corrected chi connectivity index (χ4v) is 2.47. The zero-order valence-corrected chi connectivity index (χ0v) is 12.2. The summed E-state index contributed by atoms with van der Waals surface area (Å²) in [5.74, 6) is 0. The molecule has 1 saturated heterocycles. The first-order valence-electron chi connectivity index (χ1n) is 7.56. The van der Waals surface area contributed by atoms with Gasteiger partial charge < -0.3 is 9.47 Å². The van der Waals surface area contributed by atoms with Crippen molar-refractivity contribution >= 4 is 0 Å². The lowest BCUT2D eigenvalue weighted by atomic mass is 10.1. The second-order valence-corrected chi connectivity index (χ2v) is 5.36. The van der Waals surface area contributed by atoms with Crippen LogP contribution in [0.4, 0.5) is 0 Å². The molecule has 3 nitrogen and oxygen atoms in total. The van der Waals surface area contributed by atoms with Crippen LogP contribution in [0, 0.1) is 11.3 Å². The summed E-state index contributed by atoms with van der Waals surface area (Å²) < 4.78 is 11.8. The summed E-state index contributed by atoms with van der Waals surface area (Å²) in [7, 11) is 0. The van der Waals surface area contributed by atoms with Crippen LogP contribution in [0.5, 0.6) is 0 Å². The van der Waals surface area contributed by atoms with Crippen molar-refractivity contribution < 1.29 is 9.47 Å². The van der Waals surface area contributed by atoms with Crippen molar-refractivity contribution in [2.24, 2.45) is 0 Å². The van der Waals surface area contributed by atoms with E-state index in [-0.39, 0.29) is 12.2 Å². The molecule has 1 fully saturated rings. The van der Waals surface area contributed by atoms with Gasteiger partial charge in [-0.25, -0.2) is 0 Å². The zero-order valence-electron chi connectivity index (χ0n) is 12.2. The van der Waals surface area contributed by atoms with Crippen LogP contribution in [0.15, 0.2) is 24.3 Å².